The van der Waals surface area contributed by atoms with E-state index in [0.717, 1.165) is 34.7 Å². The molecule has 0 spiro atoms. The van der Waals surface area contributed by atoms with Crippen LogP contribution >= 0.6 is 11.3 Å². The van der Waals surface area contributed by atoms with Gasteiger partial charge in [-0.25, -0.2) is 17.7 Å². The molecule has 0 bridgehead atoms. The van der Waals surface area contributed by atoms with E-state index in [1.54, 1.807) is 23.5 Å². The highest BCUT2D eigenvalue weighted by atomic mass is 32.2. The molecule has 0 aliphatic heterocycles. The maximum absolute atomic E-state index is 12.4. The molecule has 0 fully saturated rings. The number of thiazole rings is 1. The van der Waals surface area contributed by atoms with Gasteiger partial charge < -0.3 is 4.57 Å². The van der Waals surface area contributed by atoms with E-state index in [0.29, 0.717) is 0 Å². The van der Waals surface area contributed by atoms with Gasteiger partial charge >= 0.3 is 0 Å². The zero-order valence-corrected chi connectivity index (χ0v) is 19.7. The van der Waals surface area contributed by atoms with Crippen molar-refractivity contribution in [1.29, 1.82) is 0 Å². The normalized spacial score (nSPS) is 12.4. The number of aryl methyl sites for hydroxylation is 1. The van der Waals surface area contributed by atoms with Gasteiger partial charge in [-0.1, -0.05) is 60.7 Å². The molecular weight excluding hydrogens is 438 g/mol. The molecule has 3 aromatic carbocycles. The van der Waals surface area contributed by atoms with E-state index in [2.05, 4.69) is 22.1 Å². The summed E-state index contributed by atoms with van der Waals surface area (Å²) < 4.78 is 28.3. The molecule has 0 saturated heterocycles. The van der Waals surface area contributed by atoms with Gasteiger partial charge in [-0.05, 0) is 41.8 Å². The van der Waals surface area contributed by atoms with Crippen LogP contribution in [0.5, 0.6) is 0 Å². The van der Waals surface area contributed by atoms with Crippen molar-refractivity contribution in [1.82, 2.24) is 8.87 Å². The number of hydrogen-bond acceptors (Lipinski definition) is 4. The average Bonchev–Trinajstić information content (AvgIpc) is 3.21. The van der Waals surface area contributed by atoms with Gasteiger partial charge in [0.1, 0.15) is 0 Å². The van der Waals surface area contributed by atoms with Crippen molar-refractivity contribution in [3.63, 3.8) is 0 Å². The minimum Gasteiger partial charge on any atom is -0.316 e. The lowest BCUT2D eigenvalue weighted by molar-refractivity contribution is 0.521. The Bertz CT molecular complexity index is 1340. The molecule has 0 N–H and O–H groups in total. The molecule has 32 heavy (non-hydrogen) atoms. The number of para-hydroxylation sites is 1. The average molecular weight is 464 g/mol. The zero-order valence-electron chi connectivity index (χ0n) is 18.0. The zero-order chi connectivity index (χ0) is 22.6. The summed E-state index contributed by atoms with van der Waals surface area (Å²) in [5.41, 5.74) is 4.15. The Morgan fingerprint density at radius 1 is 0.875 bits per heavy atom. The molecule has 0 saturated carbocycles. The first-order valence-corrected chi connectivity index (χ1v) is 12.6. The quantitative estimate of drug-likeness (QED) is 0.390. The Morgan fingerprint density at radius 3 is 2.12 bits per heavy atom. The van der Waals surface area contributed by atoms with Crippen LogP contribution in [0.4, 0.5) is 5.69 Å². The third-order valence-corrected chi connectivity index (χ3v) is 7.87. The number of aromatic nitrogens is 1. The fourth-order valence-corrected chi connectivity index (χ4v) is 5.23. The van der Waals surface area contributed by atoms with E-state index in [-0.39, 0.29) is 4.90 Å². The monoisotopic (exact) mass is 463 g/mol. The van der Waals surface area contributed by atoms with Crippen LogP contribution in [-0.4, -0.2) is 31.4 Å². The third-order valence-electron chi connectivity index (χ3n) is 5.17. The van der Waals surface area contributed by atoms with Crippen LogP contribution < -0.4 is 4.80 Å². The summed E-state index contributed by atoms with van der Waals surface area (Å²) in [7, 11) is -0.380. The molecule has 5 nitrogen and oxygen atoms in total. The van der Waals surface area contributed by atoms with Crippen molar-refractivity contribution in [2.75, 3.05) is 14.1 Å². The van der Waals surface area contributed by atoms with E-state index < -0.39 is 10.0 Å². The Kier molecular flexibility index (Phi) is 6.69. The molecular formula is C25H25N3O2S2. The Labute approximate surface area is 193 Å². The first-order chi connectivity index (χ1) is 15.4. The maximum Gasteiger partial charge on any atom is 0.242 e. The van der Waals surface area contributed by atoms with Crippen molar-refractivity contribution >= 4 is 27.0 Å². The van der Waals surface area contributed by atoms with Crippen LogP contribution in [0.2, 0.25) is 0 Å². The smallest absolute Gasteiger partial charge is 0.242 e. The number of rotatable bonds is 7. The van der Waals surface area contributed by atoms with Gasteiger partial charge in [0.15, 0.2) is 4.80 Å². The summed E-state index contributed by atoms with van der Waals surface area (Å²) in [4.78, 5) is 6.05. The molecule has 0 amide bonds. The second kappa shape index (κ2) is 9.65. The number of nitrogens with zero attached hydrogens (tertiary/aromatic N) is 3. The number of benzene rings is 3. The lowest BCUT2D eigenvalue weighted by atomic mass is 10.1. The summed E-state index contributed by atoms with van der Waals surface area (Å²) in [6, 6.07) is 27.3. The van der Waals surface area contributed by atoms with E-state index >= 15 is 0 Å². The van der Waals surface area contributed by atoms with Crippen molar-refractivity contribution in [3.8, 4) is 11.3 Å². The lowest BCUT2D eigenvalue weighted by Crippen LogP contribution is -2.22. The third kappa shape index (κ3) is 4.91. The molecule has 4 aromatic rings. The summed E-state index contributed by atoms with van der Waals surface area (Å²) >= 11 is 1.59. The van der Waals surface area contributed by atoms with Crippen LogP contribution in [-0.2, 0) is 23.0 Å². The molecule has 1 aromatic heterocycles. The SMILES string of the molecule is CN(C)S(=O)(=O)c1ccc(-c2csc(=Nc3ccccc3)n2CCc2ccccc2)cc1. The van der Waals surface area contributed by atoms with Crippen LogP contribution in [0, 0.1) is 0 Å². The topological polar surface area (TPSA) is 54.7 Å². The predicted octanol–water partition coefficient (Wildman–Crippen LogP) is 4.94. The first-order valence-electron chi connectivity index (χ1n) is 10.3. The highest BCUT2D eigenvalue weighted by Gasteiger charge is 2.17. The molecule has 164 valence electrons. The van der Waals surface area contributed by atoms with E-state index in [4.69, 9.17) is 4.99 Å². The van der Waals surface area contributed by atoms with Crippen molar-refractivity contribution in [2.45, 2.75) is 17.9 Å². The summed E-state index contributed by atoms with van der Waals surface area (Å²) in [5, 5.41) is 2.09. The summed E-state index contributed by atoms with van der Waals surface area (Å²) in [5.74, 6) is 0. The standard InChI is InChI=1S/C25H25N3O2S2/c1-27(2)32(29,30)23-15-13-21(14-16-23)24-19-31-25(26-22-11-7-4-8-12-22)28(24)18-17-20-9-5-3-6-10-20/h3-16,19H,17-18H2,1-2H3. The largest absolute Gasteiger partial charge is 0.316 e. The van der Waals surface area contributed by atoms with Crippen molar-refractivity contribution in [3.05, 3.63) is 101 Å². The minimum absolute atomic E-state index is 0.284. The Balaban J connectivity index is 1.74. The lowest BCUT2D eigenvalue weighted by Gasteiger charge is -2.13. The van der Waals surface area contributed by atoms with Gasteiger partial charge in [-0.3, -0.25) is 0 Å². The van der Waals surface area contributed by atoms with Gasteiger partial charge in [0, 0.05) is 26.0 Å². The molecule has 0 radical (unpaired) electrons. The predicted molar refractivity (Wildman–Crippen MR) is 130 cm³/mol. The van der Waals surface area contributed by atoms with E-state index in [9.17, 15) is 8.42 Å². The second-order valence-corrected chi connectivity index (χ2v) is 10.5. The molecule has 7 heteroatoms. The van der Waals surface area contributed by atoms with Crippen LogP contribution in [0.25, 0.3) is 11.3 Å². The summed E-state index contributed by atoms with van der Waals surface area (Å²) in [6.45, 7) is 0.770. The molecule has 1 heterocycles. The van der Waals surface area contributed by atoms with Crippen molar-refractivity contribution in [2.24, 2.45) is 4.99 Å². The van der Waals surface area contributed by atoms with Gasteiger partial charge in [-0.2, -0.15) is 0 Å². The van der Waals surface area contributed by atoms with Gasteiger partial charge in [0.05, 0.1) is 16.3 Å². The van der Waals surface area contributed by atoms with Crippen LogP contribution in [0.15, 0.2) is 100 Å². The Hall–Kier alpha value is -3.00. The van der Waals surface area contributed by atoms with Crippen LogP contribution in [0.1, 0.15) is 5.56 Å². The molecule has 0 aliphatic rings. The fourth-order valence-electron chi connectivity index (χ4n) is 3.37. The first kappa shape index (κ1) is 22.2. The molecule has 0 atom stereocenters. The number of hydrogen-bond donors (Lipinski definition) is 0. The number of sulfonamides is 1. The highest BCUT2D eigenvalue weighted by molar-refractivity contribution is 7.89. The second-order valence-electron chi connectivity index (χ2n) is 7.55. The van der Waals surface area contributed by atoms with E-state index in [1.165, 1.54) is 24.0 Å². The van der Waals surface area contributed by atoms with Gasteiger partial charge in [0.2, 0.25) is 10.0 Å². The Morgan fingerprint density at radius 2 is 1.50 bits per heavy atom. The van der Waals surface area contributed by atoms with Gasteiger partial charge in [-0.15, -0.1) is 11.3 Å². The fraction of sp³-hybridized carbons (Fsp3) is 0.160. The minimum atomic E-state index is -3.46. The molecule has 0 aliphatic carbocycles. The van der Waals surface area contributed by atoms with Crippen molar-refractivity contribution < 1.29 is 8.42 Å². The highest BCUT2D eigenvalue weighted by Crippen LogP contribution is 2.24. The van der Waals surface area contributed by atoms with E-state index in [1.807, 2.05) is 60.7 Å². The molecule has 4 rings (SSSR count). The van der Waals surface area contributed by atoms with Gasteiger partial charge in [0.25, 0.3) is 0 Å². The molecule has 0 unspecified atom stereocenters. The summed E-state index contributed by atoms with van der Waals surface area (Å²) in [6.07, 6.45) is 0.875. The maximum atomic E-state index is 12.4. The van der Waals surface area contributed by atoms with Crippen LogP contribution in [0.3, 0.4) is 0 Å².